The van der Waals surface area contributed by atoms with Crippen LogP contribution in [0.15, 0.2) is 24.3 Å². The lowest BCUT2D eigenvalue weighted by atomic mass is 9.91. The average molecular weight is 429 g/mol. The van der Waals surface area contributed by atoms with Gasteiger partial charge in [-0.05, 0) is 44.7 Å². The minimum Gasteiger partial charge on any atom is -0.493 e. The molecule has 0 atom stereocenters. The van der Waals surface area contributed by atoms with Crippen molar-refractivity contribution in [1.82, 2.24) is 15.3 Å². The fraction of sp³-hybridized carbons (Fsp3) is 0.500. The molecule has 9 nitrogen and oxygen atoms in total. The summed E-state index contributed by atoms with van der Waals surface area (Å²) >= 11 is 0. The zero-order chi connectivity index (χ0) is 22.4. The van der Waals surface area contributed by atoms with Crippen molar-refractivity contribution in [2.75, 3.05) is 43.8 Å². The first kappa shape index (κ1) is 22.5. The van der Waals surface area contributed by atoms with Crippen molar-refractivity contribution in [1.29, 1.82) is 0 Å². The predicted octanol–water partition coefficient (Wildman–Crippen LogP) is 3.41. The maximum atomic E-state index is 12.4. The maximum Gasteiger partial charge on any atom is 0.319 e. The van der Waals surface area contributed by atoms with Crippen molar-refractivity contribution in [3.05, 3.63) is 30.1 Å². The van der Waals surface area contributed by atoms with Crippen LogP contribution in [0.5, 0.6) is 11.5 Å². The fourth-order valence-electron chi connectivity index (χ4n) is 3.71. The summed E-state index contributed by atoms with van der Waals surface area (Å²) in [6.07, 6.45) is 3.73. The Morgan fingerprint density at radius 2 is 1.68 bits per heavy atom. The number of carbonyl (C=O) groups excluding carboxylic acids is 1. The number of ether oxygens (including phenoxy) is 2. The number of anilines is 3. The van der Waals surface area contributed by atoms with E-state index in [1.54, 1.807) is 32.4 Å². The van der Waals surface area contributed by atoms with Gasteiger partial charge in [0.2, 0.25) is 0 Å². The van der Waals surface area contributed by atoms with Gasteiger partial charge in [0.15, 0.2) is 11.5 Å². The van der Waals surface area contributed by atoms with E-state index in [0.717, 1.165) is 43.1 Å². The number of aromatic nitrogens is 2. The molecule has 0 aliphatic heterocycles. The number of methoxy groups -OCH3 is 2. The lowest BCUT2D eigenvalue weighted by molar-refractivity contribution is 0.243. The molecule has 1 aromatic heterocycles. The van der Waals surface area contributed by atoms with Gasteiger partial charge in [-0.1, -0.05) is 0 Å². The van der Waals surface area contributed by atoms with Crippen LogP contribution in [0.4, 0.5) is 22.1 Å². The molecular weight excluding hydrogens is 396 g/mol. The lowest BCUT2D eigenvalue weighted by Crippen LogP contribution is -2.42. The van der Waals surface area contributed by atoms with Crippen molar-refractivity contribution in [2.24, 2.45) is 0 Å². The van der Waals surface area contributed by atoms with Crippen molar-refractivity contribution >= 4 is 23.4 Å². The number of urea groups is 1. The molecule has 1 heterocycles. The number of carbonyl (C=O) groups is 1. The Kier molecular flexibility index (Phi) is 7.38. The van der Waals surface area contributed by atoms with Crippen LogP contribution in [-0.2, 0) is 0 Å². The number of rotatable bonds is 7. The quantitative estimate of drug-likeness (QED) is 0.621. The third kappa shape index (κ3) is 6.13. The zero-order valence-electron chi connectivity index (χ0n) is 18.9. The molecule has 168 valence electrons. The monoisotopic (exact) mass is 428 g/mol. The van der Waals surface area contributed by atoms with E-state index in [4.69, 9.17) is 9.47 Å². The van der Waals surface area contributed by atoms with E-state index in [1.165, 1.54) is 0 Å². The van der Waals surface area contributed by atoms with Crippen LogP contribution < -0.4 is 30.3 Å². The molecule has 0 saturated heterocycles. The summed E-state index contributed by atoms with van der Waals surface area (Å²) in [5, 5.41) is 9.46. The summed E-state index contributed by atoms with van der Waals surface area (Å²) in [5.74, 6) is 3.67. The first-order chi connectivity index (χ1) is 14.9. The second-order valence-electron chi connectivity index (χ2n) is 7.91. The number of nitrogens with zero attached hydrogens (tertiary/aromatic N) is 3. The van der Waals surface area contributed by atoms with Gasteiger partial charge >= 0.3 is 6.03 Å². The van der Waals surface area contributed by atoms with Gasteiger partial charge in [-0.25, -0.2) is 14.8 Å². The normalized spacial score (nSPS) is 18.1. The molecule has 3 N–H and O–H groups in total. The van der Waals surface area contributed by atoms with E-state index in [2.05, 4.69) is 25.9 Å². The number of hydrogen-bond acceptors (Lipinski definition) is 7. The SMILES string of the molecule is COc1ccc(NC(=O)N[C@H]2CC[C@@H](Nc3cc(N(C)C)nc(C)n3)CC2)cc1OC. The molecule has 0 radical (unpaired) electrons. The maximum absolute atomic E-state index is 12.4. The van der Waals surface area contributed by atoms with Crippen molar-refractivity contribution in [3.8, 4) is 11.5 Å². The summed E-state index contributed by atoms with van der Waals surface area (Å²) in [6.45, 7) is 1.90. The summed E-state index contributed by atoms with van der Waals surface area (Å²) in [6, 6.07) is 7.51. The van der Waals surface area contributed by atoms with Gasteiger partial charge in [0.05, 0.1) is 14.2 Å². The molecule has 1 saturated carbocycles. The highest BCUT2D eigenvalue weighted by molar-refractivity contribution is 5.89. The predicted molar refractivity (Wildman–Crippen MR) is 122 cm³/mol. The van der Waals surface area contributed by atoms with Crippen molar-refractivity contribution < 1.29 is 14.3 Å². The van der Waals surface area contributed by atoms with Gasteiger partial charge in [0.1, 0.15) is 17.5 Å². The largest absolute Gasteiger partial charge is 0.493 e. The average Bonchev–Trinajstić information content (AvgIpc) is 2.74. The molecule has 1 fully saturated rings. The van der Waals surface area contributed by atoms with Gasteiger partial charge in [-0.3, -0.25) is 0 Å². The number of nitrogens with one attached hydrogen (secondary N) is 3. The molecule has 9 heteroatoms. The standard InChI is InChI=1S/C22H32N6O3/c1-14-23-20(13-21(24-14)28(2)3)25-15-6-8-16(9-7-15)26-22(29)27-17-10-11-18(30-4)19(12-17)31-5/h10-13,15-16H,6-9H2,1-5H3,(H,23,24,25)(H2,26,27,29)/t15-,16+. The number of aryl methyl sites for hydroxylation is 1. The zero-order valence-corrected chi connectivity index (χ0v) is 18.9. The Morgan fingerprint density at radius 3 is 2.32 bits per heavy atom. The van der Waals surface area contributed by atoms with Crippen LogP contribution in [0.3, 0.4) is 0 Å². The highest BCUT2D eigenvalue weighted by Crippen LogP contribution is 2.30. The first-order valence-electron chi connectivity index (χ1n) is 10.5. The van der Waals surface area contributed by atoms with Gasteiger partial charge in [0.25, 0.3) is 0 Å². The molecule has 31 heavy (non-hydrogen) atoms. The van der Waals surface area contributed by atoms with E-state index >= 15 is 0 Å². The Morgan fingerprint density at radius 1 is 1.00 bits per heavy atom. The Hall–Kier alpha value is -3.23. The van der Waals surface area contributed by atoms with E-state index in [1.807, 2.05) is 32.0 Å². The van der Waals surface area contributed by atoms with E-state index in [9.17, 15) is 4.79 Å². The third-order valence-electron chi connectivity index (χ3n) is 5.34. The Bertz CT molecular complexity index is 897. The van der Waals surface area contributed by atoms with E-state index in [0.29, 0.717) is 23.2 Å². The summed E-state index contributed by atoms with van der Waals surface area (Å²) in [5.41, 5.74) is 0.654. The Balaban J connectivity index is 1.48. The minimum atomic E-state index is -0.217. The van der Waals surface area contributed by atoms with E-state index < -0.39 is 0 Å². The highest BCUT2D eigenvalue weighted by atomic mass is 16.5. The highest BCUT2D eigenvalue weighted by Gasteiger charge is 2.23. The number of benzene rings is 1. The molecule has 1 aliphatic carbocycles. The molecule has 2 aromatic rings. The van der Waals surface area contributed by atoms with E-state index in [-0.39, 0.29) is 12.1 Å². The minimum absolute atomic E-state index is 0.141. The summed E-state index contributed by atoms with van der Waals surface area (Å²) < 4.78 is 10.5. The number of hydrogen-bond donors (Lipinski definition) is 3. The van der Waals surface area contributed by atoms with Crippen molar-refractivity contribution in [2.45, 2.75) is 44.7 Å². The summed E-state index contributed by atoms with van der Waals surface area (Å²) in [4.78, 5) is 23.3. The molecule has 2 amide bonds. The smallest absolute Gasteiger partial charge is 0.319 e. The Labute approximate surface area is 183 Å². The molecule has 1 aromatic carbocycles. The van der Waals surface area contributed by atoms with Gasteiger partial charge in [0, 0.05) is 44.0 Å². The van der Waals surface area contributed by atoms with Gasteiger partial charge < -0.3 is 30.3 Å². The molecular formula is C22H32N6O3. The van der Waals surface area contributed by atoms with Crippen LogP contribution in [0, 0.1) is 6.92 Å². The molecule has 0 unspecified atom stereocenters. The molecule has 3 rings (SSSR count). The van der Waals surface area contributed by atoms with Crippen LogP contribution in [-0.4, -0.2) is 56.4 Å². The lowest BCUT2D eigenvalue weighted by Gasteiger charge is -2.30. The molecule has 0 spiro atoms. The summed E-state index contributed by atoms with van der Waals surface area (Å²) in [7, 11) is 7.08. The van der Waals surface area contributed by atoms with Crippen molar-refractivity contribution in [3.63, 3.8) is 0 Å². The van der Waals surface area contributed by atoms with Gasteiger partial charge in [-0.15, -0.1) is 0 Å². The number of amides is 2. The topological polar surface area (TPSA) is 101 Å². The van der Waals surface area contributed by atoms with Crippen LogP contribution in [0.1, 0.15) is 31.5 Å². The molecule has 1 aliphatic rings. The van der Waals surface area contributed by atoms with Crippen LogP contribution >= 0.6 is 0 Å². The van der Waals surface area contributed by atoms with Crippen LogP contribution in [0.25, 0.3) is 0 Å². The second kappa shape index (κ2) is 10.2. The first-order valence-corrected chi connectivity index (χ1v) is 10.5. The molecule has 0 bridgehead atoms. The van der Waals surface area contributed by atoms with Gasteiger partial charge in [-0.2, -0.15) is 0 Å². The van der Waals surface area contributed by atoms with Crippen LogP contribution in [0.2, 0.25) is 0 Å². The second-order valence-corrected chi connectivity index (χ2v) is 7.91. The fourth-order valence-corrected chi connectivity index (χ4v) is 3.71. The third-order valence-corrected chi connectivity index (χ3v) is 5.34.